The summed E-state index contributed by atoms with van der Waals surface area (Å²) in [5.41, 5.74) is 6.22. The van der Waals surface area contributed by atoms with Gasteiger partial charge in [-0.3, -0.25) is 20.4 Å². The van der Waals surface area contributed by atoms with E-state index in [-0.39, 0.29) is 18.2 Å². The van der Waals surface area contributed by atoms with Crippen LogP contribution in [0.25, 0.3) is 0 Å². The third-order valence-electron chi connectivity index (χ3n) is 3.05. The van der Waals surface area contributed by atoms with Crippen LogP contribution in [-0.2, 0) is 18.3 Å². The highest BCUT2D eigenvalue weighted by molar-refractivity contribution is 9.10. The molecule has 0 aliphatic rings. The fourth-order valence-corrected chi connectivity index (χ4v) is 2.69. The molecule has 1 aromatic carbocycles. The minimum absolute atomic E-state index is 0.261. The predicted octanol–water partition coefficient (Wildman–Crippen LogP) is 2.83. The largest absolute Gasteiger partial charge is 0.345 e. The molecule has 2 aromatic rings. The van der Waals surface area contributed by atoms with Crippen molar-refractivity contribution < 1.29 is 9.59 Å². The van der Waals surface area contributed by atoms with Crippen molar-refractivity contribution in [2.45, 2.75) is 12.8 Å². The number of aryl methyl sites for hydroxylation is 2. The summed E-state index contributed by atoms with van der Waals surface area (Å²) in [5.74, 6) is -0.633. The molecular formula is C15H15BrClN3O2. The number of nitrogens with zero attached hydrogens (tertiary/aromatic N) is 1. The molecular weight excluding hydrogens is 370 g/mol. The van der Waals surface area contributed by atoms with Gasteiger partial charge in [-0.15, -0.1) is 0 Å². The van der Waals surface area contributed by atoms with Crippen LogP contribution in [0, 0.1) is 0 Å². The fraction of sp³-hybridized carbons (Fsp3) is 0.200. The van der Waals surface area contributed by atoms with Crippen molar-refractivity contribution in [3.8, 4) is 0 Å². The Morgan fingerprint density at radius 3 is 2.68 bits per heavy atom. The molecule has 7 heteroatoms. The van der Waals surface area contributed by atoms with Crippen LogP contribution < -0.4 is 10.9 Å². The number of benzene rings is 1. The normalized spacial score (nSPS) is 10.3. The summed E-state index contributed by atoms with van der Waals surface area (Å²) in [5, 5.41) is 0.639. The van der Waals surface area contributed by atoms with Crippen LogP contribution in [0.4, 0.5) is 0 Å². The number of carbonyl (C=O) groups excluding carboxylic acids is 2. The fourth-order valence-electron chi connectivity index (χ4n) is 1.95. The smallest absolute Gasteiger partial charge is 0.286 e. The van der Waals surface area contributed by atoms with Crippen molar-refractivity contribution in [3.63, 3.8) is 0 Å². The zero-order chi connectivity index (χ0) is 16.1. The maximum Gasteiger partial charge on any atom is 0.286 e. The second-order valence-corrected chi connectivity index (χ2v) is 6.14. The van der Waals surface area contributed by atoms with E-state index in [4.69, 9.17) is 11.6 Å². The third kappa shape index (κ3) is 4.61. The molecule has 2 amide bonds. The van der Waals surface area contributed by atoms with E-state index in [9.17, 15) is 9.59 Å². The van der Waals surface area contributed by atoms with Crippen molar-refractivity contribution >= 4 is 39.3 Å². The quantitative estimate of drug-likeness (QED) is 0.796. The van der Waals surface area contributed by atoms with E-state index in [1.54, 1.807) is 29.9 Å². The molecule has 0 saturated heterocycles. The third-order valence-corrected chi connectivity index (χ3v) is 3.72. The van der Waals surface area contributed by atoms with Crippen LogP contribution in [0.2, 0.25) is 5.02 Å². The van der Waals surface area contributed by atoms with Gasteiger partial charge in [0, 0.05) is 29.2 Å². The molecule has 116 valence electrons. The lowest BCUT2D eigenvalue weighted by atomic mass is 10.1. The number of halogens is 2. The van der Waals surface area contributed by atoms with Crippen LogP contribution in [0.5, 0.6) is 0 Å². The Morgan fingerprint density at radius 1 is 1.27 bits per heavy atom. The Labute approximate surface area is 141 Å². The second-order valence-electron chi connectivity index (χ2n) is 4.79. The van der Waals surface area contributed by atoms with E-state index in [2.05, 4.69) is 26.8 Å². The monoisotopic (exact) mass is 383 g/mol. The Kier molecular flexibility index (Phi) is 5.63. The minimum atomic E-state index is -0.371. The lowest BCUT2D eigenvalue weighted by Gasteiger charge is -2.08. The molecule has 1 aromatic heterocycles. The van der Waals surface area contributed by atoms with Gasteiger partial charge in [-0.2, -0.15) is 0 Å². The number of nitrogens with one attached hydrogen (secondary N) is 2. The van der Waals surface area contributed by atoms with Gasteiger partial charge in [0.1, 0.15) is 5.69 Å². The van der Waals surface area contributed by atoms with Gasteiger partial charge in [-0.1, -0.05) is 23.7 Å². The first-order chi connectivity index (χ1) is 10.5. The average Bonchev–Trinajstić information content (AvgIpc) is 2.81. The van der Waals surface area contributed by atoms with Crippen LogP contribution in [-0.4, -0.2) is 16.4 Å². The van der Waals surface area contributed by atoms with Gasteiger partial charge in [-0.25, -0.2) is 0 Å². The maximum absolute atomic E-state index is 11.9. The van der Waals surface area contributed by atoms with E-state index in [0.717, 1.165) is 10.0 Å². The van der Waals surface area contributed by atoms with Crippen LogP contribution in [0.15, 0.2) is 41.0 Å². The van der Waals surface area contributed by atoms with Gasteiger partial charge in [-0.05, 0) is 46.1 Å². The van der Waals surface area contributed by atoms with Crippen molar-refractivity contribution in [2.24, 2.45) is 7.05 Å². The van der Waals surface area contributed by atoms with Gasteiger partial charge in [0.2, 0.25) is 5.91 Å². The van der Waals surface area contributed by atoms with Crippen LogP contribution in [0.1, 0.15) is 22.5 Å². The van der Waals surface area contributed by atoms with Crippen molar-refractivity contribution in [1.29, 1.82) is 0 Å². The zero-order valence-corrected chi connectivity index (χ0v) is 14.2. The summed E-state index contributed by atoms with van der Waals surface area (Å²) in [6, 6.07) is 9.01. The number of hydrogen-bond acceptors (Lipinski definition) is 2. The summed E-state index contributed by atoms with van der Waals surface area (Å²) in [6.07, 6.45) is 2.57. The SMILES string of the molecule is Cn1cc(Br)cc1C(=O)NNC(=O)CCc1cccc(Cl)c1. The van der Waals surface area contributed by atoms with E-state index < -0.39 is 0 Å². The molecule has 0 aliphatic carbocycles. The molecule has 5 nitrogen and oxygen atoms in total. The first-order valence-corrected chi connectivity index (χ1v) is 7.78. The molecule has 0 fully saturated rings. The summed E-state index contributed by atoms with van der Waals surface area (Å²) in [4.78, 5) is 23.7. The molecule has 0 radical (unpaired) electrons. The molecule has 0 spiro atoms. The summed E-state index contributed by atoms with van der Waals surface area (Å²) in [6.45, 7) is 0. The zero-order valence-electron chi connectivity index (χ0n) is 11.9. The lowest BCUT2D eigenvalue weighted by Crippen LogP contribution is -2.42. The Morgan fingerprint density at radius 2 is 2.05 bits per heavy atom. The Bertz CT molecular complexity index is 700. The van der Waals surface area contributed by atoms with Crippen molar-refractivity contribution in [1.82, 2.24) is 15.4 Å². The highest BCUT2D eigenvalue weighted by Gasteiger charge is 2.11. The first kappa shape index (κ1) is 16.6. The summed E-state index contributed by atoms with van der Waals surface area (Å²) >= 11 is 9.17. The van der Waals surface area contributed by atoms with E-state index >= 15 is 0 Å². The highest BCUT2D eigenvalue weighted by Crippen LogP contribution is 2.13. The van der Waals surface area contributed by atoms with Crippen molar-refractivity contribution in [3.05, 3.63) is 57.3 Å². The molecule has 2 N–H and O–H groups in total. The van der Waals surface area contributed by atoms with E-state index in [1.807, 2.05) is 18.2 Å². The van der Waals surface area contributed by atoms with E-state index in [0.29, 0.717) is 17.1 Å². The van der Waals surface area contributed by atoms with E-state index in [1.165, 1.54) is 0 Å². The molecule has 0 bridgehead atoms. The summed E-state index contributed by atoms with van der Waals surface area (Å²) in [7, 11) is 1.75. The van der Waals surface area contributed by atoms with Gasteiger partial charge in [0.15, 0.2) is 0 Å². The Hall–Kier alpha value is -1.79. The lowest BCUT2D eigenvalue weighted by molar-refractivity contribution is -0.121. The van der Waals surface area contributed by atoms with Gasteiger partial charge < -0.3 is 4.57 Å². The number of amides is 2. The highest BCUT2D eigenvalue weighted by atomic mass is 79.9. The molecule has 1 heterocycles. The van der Waals surface area contributed by atoms with Crippen LogP contribution in [0.3, 0.4) is 0 Å². The molecule has 0 aliphatic heterocycles. The van der Waals surface area contributed by atoms with Gasteiger partial charge in [0.05, 0.1) is 0 Å². The van der Waals surface area contributed by atoms with Gasteiger partial charge >= 0.3 is 0 Å². The predicted molar refractivity (Wildman–Crippen MR) is 88.5 cm³/mol. The number of hydrogen-bond donors (Lipinski definition) is 2. The maximum atomic E-state index is 11.9. The second kappa shape index (κ2) is 7.47. The molecule has 2 rings (SSSR count). The number of hydrazine groups is 1. The first-order valence-electron chi connectivity index (χ1n) is 6.61. The topological polar surface area (TPSA) is 63.1 Å². The Balaban J connectivity index is 1.80. The minimum Gasteiger partial charge on any atom is -0.345 e. The summed E-state index contributed by atoms with van der Waals surface area (Å²) < 4.78 is 2.46. The van der Waals surface area contributed by atoms with Crippen LogP contribution >= 0.6 is 27.5 Å². The molecule has 0 unspecified atom stereocenters. The molecule has 0 atom stereocenters. The van der Waals surface area contributed by atoms with Gasteiger partial charge in [0.25, 0.3) is 5.91 Å². The number of carbonyl (C=O) groups is 2. The average molecular weight is 385 g/mol. The molecule has 22 heavy (non-hydrogen) atoms. The number of rotatable bonds is 4. The van der Waals surface area contributed by atoms with Crippen molar-refractivity contribution in [2.75, 3.05) is 0 Å². The molecule has 0 saturated carbocycles. The number of aromatic nitrogens is 1. The standard InChI is InChI=1S/C15H15BrClN3O2/c1-20-9-11(16)8-13(20)15(22)19-18-14(21)6-5-10-3-2-4-12(17)7-10/h2-4,7-9H,5-6H2,1H3,(H,18,21)(H,19,22).